The molecule has 0 atom stereocenters. The summed E-state index contributed by atoms with van der Waals surface area (Å²) in [5.41, 5.74) is 2.69. The third kappa shape index (κ3) is 0.996. The van der Waals surface area contributed by atoms with Gasteiger partial charge in [0.15, 0.2) is 0 Å². The molecule has 0 saturated carbocycles. The van der Waals surface area contributed by atoms with E-state index < -0.39 is 0 Å². The summed E-state index contributed by atoms with van der Waals surface area (Å²) in [6, 6.07) is 4.45. The van der Waals surface area contributed by atoms with Gasteiger partial charge in [-0.15, -0.1) is 45.3 Å². The summed E-state index contributed by atoms with van der Waals surface area (Å²) in [4.78, 5) is 3.64. The van der Waals surface area contributed by atoms with Gasteiger partial charge in [-0.25, -0.2) is 0 Å². The molecule has 0 aliphatic heterocycles. The summed E-state index contributed by atoms with van der Waals surface area (Å²) in [5.74, 6) is 0. The number of hydrogen-bond donors (Lipinski definition) is 1. The molecule has 0 amide bonds. The quantitative estimate of drug-likeness (QED) is 0.367. The van der Waals surface area contributed by atoms with Crippen molar-refractivity contribution < 1.29 is 0 Å². The largest absolute Gasteiger partial charge is 0.351 e. The average Bonchev–Trinajstić information content (AvgIpc) is 2.99. The third-order valence-electron chi connectivity index (χ3n) is 3.05. The molecule has 5 rings (SSSR count). The molecule has 0 aliphatic carbocycles. The van der Waals surface area contributed by atoms with Crippen LogP contribution in [0.4, 0.5) is 0 Å². The molecule has 5 aromatic heterocycles. The Hall–Kier alpha value is -0.880. The summed E-state index contributed by atoms with van der Waals surface area (Å²) in [6.45, 7) is 0. The number of fused-ring (bicyclic) bond motifs is 7. The normalized spacial score (nSPS) is 12.7. The second-order valence-corrected chi connectivity index (χ2v) is 7.90. The Labute approximate surface area is 112 Å². The molecule has 0 saturated heterocycles. The van der Waals surface area contributed by atoms with Crippen molar-refractivity contribution in [2.24, 2.45) is 0 Å². The number of rotatable bonds is 0. The number of nitrogens with one attached hydrogen (secondary N) is 1. The Morgan fingerprint density at radius 2 is 1.24 bits per heavy atom. The van der Waals surface area contributed by atoms with Crippen molar-refractivity contribution in [3.05, 3.63) is 22.9 Å². The van der Waals surface area contributed by atoms with Crippen LogP contribution in [0.5, 0.6) is 0 Å². The number of H-pyrrole nitrogens is 1. The predicted molar refractivity (Wildman–Crippen MR) is 82.3 cm³/mol. The molecular weight excluding hydrogens is 286 g/mol. The summed E-state index contributed by atoms with van der Waals surface area (Å²) in [6.07, 6.45) is 0. The van der Waals surface area contributed by atoms with Crippen molar-refractivity contribution in [2.75, 3.05) is 0 Å². The Bertz CT molecular complexity index is 908. The Balaban J connectivity index is 2.16. The lowest BCUT2D eigenvalue weighted by molar-refractivity contribution is 1.61. The molecule has 5 aromatic rings. The van der Waals surface area contributed by atoms with Gasteiger partial charge in [-0.2, -0.15) is 0 Å². The number of aromatic nitrogens is 1. The lowest BCUT2D eigenvalue weighted by atomic mass is 10.4. The summed E-state index contributed by atoms with van der Waals surface area (Å²) in [5, 5.41) is 4.35. The van der Waals surface area contributed by atoms with Crippen molar-refractivity contribution in [2.45, 2.75) is 0 Å². The van der Waals surface area contributed by atoms with E-state index in [1.54, 1.807) is 0 Å². The molecule has 0 bridgehead atoms. The maximum atomic E-state index is 3.64. The van der Waals surface area contributed by atoms with Crippen LogP contribution in [0.2, 0.25) is 0 Å². The molecule has 0 unspecified atom stereocenters. The highest BCUT2D eigenvalue weighted by molar-refractivity contribution is 7.38. The first-order valence-corrected chi connectivity index (χ1v) is 8.58. The zero-order chi connectivity index (χ0) is 11.0. The minimum absolute atomic E-state index is 1.34. The van der Waals surface area contributed by atoms with E-state index in [0.717, 1.165) is 0 Å². The van der Waals surface area contributed by atoms with E-state index in [9.17, 15) is 0 Å². The highest BCUT2D eigenvalue weighted by atomic mass is 32.1. The van der Waals surface area contributed by atoms with Gasteiger partial charge in [0.2, 0.25) is 0 Å². The van der Waals surface area contributed by atoms with Crippen molar-refractivity contribution in [1.82, 2.24) is 4.98 Å². The Morgan fingerprint density at radius 1 is 0.706 bits per heavy atom. The van der Waals surface area contributed by atoms with Crippen LogP contribution in [-0.4, -0.2) is 4.98 Å². The van der Waals surface area contributed by atoms with Crippen LogP contribution < -0.4 is 0 Å². The first-order chi connectivity index (χ1) is 8.42. The van der Waals surface area contributed by atoms with Gasteiger partial charge in [0, 0.05) is 9.40 Å². The van der Waals surface area contributed by atoms with Crippen LogP contribution in [0.1, 0.15) is 0 Å². The number of thiophene rings is 4. The fourth-order valence-corrected chi connectivity index (χ4v) is 7.00. The van der Waals surface area contributed by atoms with Crippen LogP contribution in [0.3, 0.4) is 0 Å². The summed E-state index contributed by atoms with van der Waals surface area (Å²) in [7, 11) is 0. The molecule has 0 fully saturated rings. The van der Waals surface area contributed by atoms with Crippen LogP contribution in [0.25, 0.3) is 39.2 Å². The molecule has 82 valence electrons. The average molecular weight is 291 g/mol. The zero-order valence-electron chi connectivity index (χ0n) is 8.44. The fourth-order valence-electron chi connectivity index (χ4n) is 2.32. The van der Waals surface area contributed by atoms with Crippen LogP contribution >= 0.6 is 45.3 Å². The molecule has 5 heterocycles. The van der Waals surface area contributed by atoms with Gasteiger partial charge in [-0.3, -0.25) is 0 Å². The number of hydrogen-bond acceptors (Lipinski definition) is 4. The van der Waals surface area contributed by atoms with Gasteiger partial charge < -0.3 is 4.98 Å². The van der Waals surface area contributed by atoms with Crippen molar-refractivity contribution >= 4 is 84.6 Å². The van der Waals surface area contributed by atoms with Crippen LogP contribution in [0.15, 0.2) is 22.9 Å². The van der Waals surface area contributed by atoms with Gasteiger partial charge >= 0.3 is 0 Å². The lowest BCUT2D eigenvalue weighted by Crippen LogP contribution is -1.59. The lowest BCUT2D eigenvalue weighted by Gasteiger charge is -1.80. The maximum absolute atomic E-state index is 3.64. The Kier molecular flexibility index (Phi) is 1.56. The van der Waals surface area contributed by atoms with E-state index in [1.165, 1.54) is 39.2 Å². The third-order valence-corrected chi connectivity index (χ3v) is 7.64. The number of aromatic amines is 1. The second kappa shape index (κ2) is 2.92. The van der Waals surface area contributed by atoms with E-state index in [-0.39, 0.29) is 0 Å². The molecule has 0 aromatic carbocycles. The van der Waals surface area contributed by atoms with Crippen LogP contribution in [-0.2, 0) is 0 Å². The van der Waals surface area contributed by atoms with E-state index in [1.807, 2.05) is 45.3 Å². The topological polar surface area (TPSA) is 15.8 Å². The SMILES string of the molecule is c1cc2sc3c([nH]c4c5sccc5sc43)c2s1. The highest BCUT2D eigenvalue weighted by Crippen LogP contribution is 2.47. The second-order valence-electron chi connectivity index (χ2n) is 3.97. The molecule has 5 heteroatoms. The van der Waals surface area contributed by atoms with E-state index in [4.69, 9.17) is 0 Å². The smallest absolute Gasteiger partial charge is 0.0765 e. The van der Waals surface area contributed by atoms with Crippen molar-refractivity contribution in [1.29, 1.82) is 0 Å². The first kappa shape index (κ1) is 9.10. The van der Waals surface area contributed by atoms with Gasteiger partial charge in [0.1, 0.15) is 0 Å². The van der Waals surface area contributed by atoms with Crippen molar-refractivity contribution in [3.8, 4) is 0 Å². The molecule has 1 N–H and O–H groups in total. The maximum Gasteiger partial charge on any atom is 0.0765 e. The molecule has 1 nitrogen and oxygen atoms in total. The summed E-state index contributed by atoms with van der Waals surface area (Å²) >= 11 is 7.51. The molecule has 0 aliphatic rings. The van der Waals surface area contributed by atoms with Gasteiger partial charge in [0.25, 0.3) is 0 Å². The standard InChI is InChI=1S/C12H5NS4/c1-3-14-9-5(1)16-11-7(9)13-8-10-6(2-4-15-10)17-12(8)11/h1-4,13H. The van der Waals surface area contributed by atoms with Gasteiger partial charge in [-0.1, -0.05) is 0 Å². The molecular formula is C12H5NS4. The van der Waals surface area contributed by atoms with E-state index >= 15 is 0 Å². The minimum atomic E-state index is 1.34. The highest BCUT2D eigenvalue weighted by Gasteiger charge is 2.16. The summed E-state index contributed by atoms with van der Waals surface area (Å²) < 4.78 is 8.53. The molecule has 17 heavy (non-hydrogen) atoms. The molecule has 0 radical (unpaired) electrons. The van der Waals surface area contributed by atoms with Crippen LogP contribution in [0, 0.1) is 0 Å². The molecule has 0 spiro atoms. The Morgan fingerprint density at radius 3 is 1.76 bits per heavy atom. The zero-order valence-corrected chi connectivity index (χ0v) is 11.7. The van der Waals surface area contributed by atoms with E-state index in [0.29, 0.717) is 0 Å². The fraction of sp³-hybridized carbons (Fsp3) is 0. The van der Waals surface area contributed by atoms with Gasteiger partial charge in [0.05, 0.1) is 29.8 Å². The minimum Gasteiger partial charge on any atom is -0.351 e. The van der Waals surface area contributed by atoms with Gasteiger partial charge in [-0.05, 0) is 22.9 Å². The monoisotopic (exact) mass is 291 g/mol. The van der Waals surface area contributed by atoms with E-state index in [2.05, 4.69) is 27.9 Å². The van der Waals surface area contributed by atoms with Crippen molar-refractivity contribution in [3.63, 3.8) is 0 Å². The predicted octanol–water partition coefficient (Wildman–Crippen LogP) is 5.87. The first-order valence-electron chi connectivity index (χ1n) is 5.19.